The van der Waals surface area contributed by atoms with Crippen LogP contribution in [0, 0.1) is 0 Å². The van der Waals surface area contributed by atoms with Crippen LogP contribution in [-0.4, -0.2) is 79.7 Å². The number of Topliss-reactive ketones (excluding diaryl/α,β-unsaturated/α-hetero) is 1. The topological polar surface area (TPSA) is 92.6 Å². The number of carbonyl (C=O) groups is 2. The lowest BCUT2D eigenvalue weighted by Gasteiger charge is -2.19. The second-order valence-electron chi connectivity index (χ2n) is 9.83. The zero-order valence-electron chi connectivity index (χ0n) is 20.6. The maximum Gasteiger partial charge on any atom is 0.271 e. The average molecular weight is 487 g/mol. The molecule has 0 fully saturated rings. The van der Waals surface area contributed by atoms with E-state index in [2.05, 4.69) is 11.2 Å². The largest absolute Gasteiger partial charge is 0.339 e. The van der Waals surface area contributed by atoms with Crippen molar-refractivity contribution in [1.82, 2.24) is 19.6 Å². The molecule has 184 valence electrons. The van der Waals surface area contributed by atoms with E-state index < -0.39 is 15.6 Å². The standard InChI is InChI=1S/C25H34N4O4S/c1-27(2)11-12-28(3)25(31)23-15-24(26-29(23)4)34(32,33)16-19(30)14-22-20-9-5-7-17(20)13-18-8-6-10-21(18)22/h13,15H,5-12,14,16H2,1-4H3. The van der Waals surface area contributed by atoms with E-state index in [0.717, 1.165) is 44.1 Å². The number of fused-ring (bicyclic) bond motifs is 2. The number of aryl methyl sites for hydroxylation is 3. The van der Waals surface area contributed by atoms with E-state index in [1.54, 1.807) is 14.1 Å². The van der Waals surface area contributed by atoms with Gasteiger partial charge in [-0.25, -0.2) is 8.42 Å². The number of benzene rings is 1. The highest BCUT2D eigenvalue weighted by Crippen LogP contribution is 2.35. The smallest absolute Gasteiger partial charge is 0.271 e. The van der Waals surface area contributed by atoms with Gasteiger partial charge in [-0.15, -0.1) is 0 Å². The molecule has 0 spiro atoms. The normalized spacial score (nSPS) is 15.0. The fraction of sp³-hybridized carbons (Fsp3) is 0.560. The van der Waals surface area contributed by atoms with Crippen molar-refractivity contribution in [2.24, 2.45) is 7.05 Å². The highest BCUT2D eigenvalue weighted by molar-refractivity contribution is 7.92. The van der Waals surface area contributed by atoms with E-state index in [9.17, 15) is 18.0 Å². The molecule has 0 bridgehead atoms. The Balaban J connectivity index is 1.50. The van der Waals surface area contributed by atoms with Crippen molar-refractivity contribution in [2.45, 2.75) is 50.0 Å². The van der Waals surface area contributed by atoms with Crippen molar-refractivity contribution < 1.29 is 18.0 Å². The van der Waals surface area contributed by atoms with E-state index in [1.165, 1.54) is 37.9 Å². The molecule has 2 aliphatic carbocycles. The van der Waals surface area contributed by atoms with Crippen molar-refractivity contribution in [3.8, 4) is 0 Å². The lowest BCUT2D eigenvalue weighted by Crippen LogP contribution is -2.34. The molecule has 1 amide bonds. The molecule has 0 saturated heterocycles. The number of ketones is 1. The molecule has 1 aromatic carbocycles. The summed E-state index contributed by atoms with van der Waals surface area (Å²) in [6.45, 7) is 1.19. The average Bonchev–Trinajstić information content (AvgIpc) is 3.50. The fourth-order valence-electron chi connectivity index (χ4n) is 5.12. The number of rotatable bonds is 9. The Hall–Kier alpha value is -2.52. The summed E-state index contributed by atoms with van der Waals surface area (Å²) in [5.41, 5.74) is 6.44. The Labute approximate surface area is 201 Å². The highest BCUT2D eigenvalue weighted by atomic mass is 32.2. The first-order valence-electron chi connectivity index (χ1n) is 11.9. The van der Waals surface area contributed by atoms with Gasteiger partial charge in [0.2, 0.25) is 9.84 Å². The molecule has 1 heterocycles. The Morgan fingerprint density at radius 3 is 2.18 bits per heavy atom. The molecule has 4 rings (SSSR count). The third kappa shape index (κ3) is 4.95. The highest BCUT2D eigenvalue weighted by Gasteiger charge is 2.29. The van der Waals surface area contributed by atoms with Gasteiger partial charge in [0.25, 0.3) is 5.91 Å². The van der Waals surface area contributed by atoms with Gasteiger partial charge in [0.1, 0.15) is 11.4 Å². The predicted molar refractivity (Wildman–Crippen MR) is 130 cm³/mol. The summed E-state index contributed by atoms with van der Waals surface area (Å²) in [7, 11) is 3.10. The van der Waals surface area contributed by atoms with Gasteiger partial charge in [0.15, 0.2) is 10.8 Å². The van der Waals surface area contributed by atoms with Crippen LogP contribution in [0.2, 0.25) is 0 Å². The Morgan fingerprint density at radius 2 is 1.59 bits per heavy atom. The molecular formula is C25H34N4O4S. The number of amides is 1. The Bertz CT molecular complexity index is 1200. The van der Waals surface area contributed by atoms with Crippen LogP contribution in [0.3, 0.4) is 0 Å². The van der Waals surface area contributed by atoms with Crippen LogP contribution in [0.4, 0.5) is 0 Å². The van der Waals surface area contributed by atoms with Crippen LogP contribution >= 0.6 is 0 Å². The fourth-order valence-corrected chi connectivity index (χ4v) is 6.33. The van der Waals surface area contributed by atoms with Crippen LogP contribution in [0.5, 0.6) is 0 Å². The van der Waals surface area contributed by atoms with Gasteiger partial charge in [-0.3, -0.25) is 14.3 Å². The van der Waals surface area contributed by atoms with Gasteiger partial charge in [-0.2, -0.15) is 5.10 Å². The molecule has 0 radical (unpaired) electrons. The molecule has 0 unspecified atom stereocenters. The number of hydrogen-bond acceptors (Lipinski definition) is 6. The van der Waals surface area contributed by atoms with E-state index >= 15 is 0 Å². The zero-order valence-corrected chi connectivity index (χ0v) is 21.4. The molecule has 0 saturated carbocycles. The lowest BCUT2D eigenvalue weighted by molar-refractivity contribution is -0.116. The van der Waals surface area contributed by atoms with Gasteiger partial charge in [-0.05, 0) is 80.4 Å². The molecule has 2 aliphatic rings. The van der Waals surface area contributed by atoms with Gasteiger partial charge in [0, 0.05) is 39.7 Å². The summed E-state index contributed by atoms with van der Waals surface area (Å²) >= 11 is 0. The second kappa shape index (κ2) is 9.62. The van der Waals surface area contributed by atoms with Crippen LogP contribution < -0.4 is 0 Å². The summed E-state index contributed by atoms with van der Waals surface area (Å²) < 4.78 is 27.4. The van der Waals surface area contributed by atoms with Crippen LogP contribution in [0.1, 0.15) is 51.1 Å². The second-order valence-corrected chi connectivity index (χ2v) is 11.8. The monoisotopic (exact) mass is 486 g/mol. The zero-order chi connectivity index (χ0) is 24.6. The minimum atomic E-state index is -3.95. The first-order valence-corrected chi connectivity index (χ1v) is 13.6. The molecule has 0 aliphatic heterocycles. The Kier molecular flexibility index (Phi) is 6.96. The molecule has 0 atom stereocenters. The summed E-state index contributed by atoms with van der Waals surface area (Å²) in [6, 6.07) is 3.59. The lowest BCUT2D eigenvalue weighted by atomic mass is 9.91. The van der Waals surface area contributed by atoms with Crippen LogP contribution in [0.15, 0.2) is 17.2 Å². The number of carbonyl (C=O) groups excluding carboxylic acids is 2. The number of nitrogens with zero attached hydrogens (tertiary/aromatic N) is 4. The maximum absolute atomic E-state index is 13.0. The Morgan fingerprint density at radius 1 is 0.971 bits per heavy atom. The van der Waals surface area contributed by atoms with E-state index in [4.69, 9.17) is 0 Å². The van der Waals surface area contributed by atoms with Crippen LogP contribution in [0.25, 0.3) is 0 Å². The van der Waals surface area contributed by atoms with Gasteiger partial charge >= 0.3 is 0 Å². The molecular weight excluding hydrogens is 452 g/mol. The number of aromatic nitrogens is 2. The van der Waals surface area contributed by atoms with Crippen molar-refractivity contribution >= 4 is 21.5 Å². The van der Waals surface area contributed by atoms with Crippen molar-refractivity contribution in [3.05, 3.63) is 45.6 Å². The predicted octanol–water partition coefficient (Wildman–Crippen LogP) is 1.62. The van der Waals surface area contributed by atoms with E-state index in [1.807, 2.05) is 19.0 Å². The summed E-state index contributed by atoms with van der Waals surface area (Å²) in [5, 5.41) is 3.85. The molecule has 8 nitrogen and oxygen atoms in total. The van der Waals surface area contributed by atoms with E-state index in [-0.39, 0.29) is 28.8 Å². The molecule has 9 heteroatoms. The maximum atomic E-state index is 13.0. The van der Waals surface area contributed by atoms with Gasteiger partial charge in [-0.1, -0.05) is 6.07 Å². The third-order valence-corrected chi connectivity index (χ3v) is 8.49. The first kappa shape index (κ1) is 24.6. The summed E-state index contributed by atoms with van der Waals surface area (Å²) in [6.07, 6.45) is 6.33. The van der Waals surface area contributed by atoms with Crippen molar-refractivity contribution in [1.29, 1.82) is 0 Å². The minimum Gasteiger partial charge on any atom is -0.339 e. The van der Waals surface area contributed by atoms with Crippen molar-refractivity contribution in [2.75, 3.05) is 40.0 Å². The number of sulfone groups is 1. The van der Waals surface area contributed by atoms with Gasteiger partial charge in [0.05, 0.1) is 0 Å². The number of likely N-dealkylation sites (N-methyl/N-ethyl adjacent to an activating group) is 2. The quantitative estimate of drug-likeness (QED) is 0.535. The number of hydrogen-bond donors (Lipinski definition) is 0. The molecule has 2 aromatic rings. The SMILES string of the molecule is CN(C)CCN(C)C(=O)c1cc(S(=O)(=O)CC(=O)Cc2c3c(cc4c2CCC4)CCC3)nn1C. The van der Waals surface area contributed by atoms with Crippen molar-refractivity contribution in [3.63, 3.8) is 0 Å². The minimum absolute atomic E-state index is 0.149. The summed E-state index contributed by atoms with van der Waals surface area (Å²) in [5.74, 6) is -1.23. The summed E-state index contributed by atoms with van der Waals surface area (Å²) in [4.78, 5) is 29.3. The molecule has 1 aromatic heterocycles. The molecule has 34 heavy (non-hydrogen) atoms. The first-order chi connectivity index (χ1) is 16.1. The third-order valence-electron chi connectivity index (χ3n) is 6.95. The van der Waals surface area contributed by atoms with E-state index in [0.29, 0.717) is 13.1 Å². The van der Waals surface area contributed by atoms with Crippen LogP contribution in [-0.2, 0) is 53.8 Å². The van der Waals surface area contributed by atoms with Gasteiger partial charge < -0.3 is 9.80 Å². The molecule has 0 N–H and O–H groups in total.